The third kappa shape index (κ3) is 13.2. The van der Waals surface area contributed by atoms with Crippen molar-refractivity contribution in [3.05, 3.63) is 89.5 Å². The molecule has 0 fully saturated rings. The minimum Gasteiger partial charge on any atom is -0.491 e. The summed E-state index contributed by atoms with van der Waals surface area (Å²) in [6.45, 7) is 4.62. The fourth-order valence-corrected chi connectivity index (χ4v) is 4.98. The molecule has 0 unspecified atom stereocenters. The number of anilines is 1. The summed E-state index contributed by atoms with van der Waals surface area (Å²) in [6.07, 6.45) is 19.8. The summed E-state index contributed by atoms with van der Waals surface area (Å²) in [6, 6.07) is 16.9. The lowest BCUT2D eigenvalue weighted by Crippen LogP contribution is -2.27. The zero-order valence-corrected chi connectivity index (χ0v) is 26.7. The van der Waals surface area contributed by atoms with Crippen LogP contribution < -0.4 is 9.64 Å². The van der Waals surface area contributed by atoms with Gasteiger partial charge in [-0.2, -0.15) is 0 Å². The second kappa shape index (κ2) is 20.2. The maximum atomic E-state index is 14.8. The molecule has 3 aromatic rings. The Hall–Kier alpha value is -2.73. The van der Waals surface area contributed by atoms with E-state index in [2.05, 4.69) is 11.9 Å². The summed E-state index contributed by atoms with van der Waals surface area (Å²) in [5.41, 5.74) is 3.79. The molecule has 224 valence electrons. The quantitative estimate of drug-likeness (QED) is 0.124. The molecule has 1 aromatic heterocycles. The highest BCUT2D eigenvalue weighted by Crippen LogP contribution is 2.24. The molecule has 1 heterocycles. The normalized spacial score (nSPS) is 10.7. The van der Waals surface area contributed by atoms with Gasteiger partial charge in [0.05, 0.1) is 13.2 Å². The average Bonchev–Trinajstić information content (AvgIpc) is 2.96. The number of ether oxygens (including phenoxy) is 1. The molecular weight excluding hydrogens is 579 g/mol. The van der Waals surface area contributed by atoms with Crippen molar-refractivity contribution in [2.75, 3.05) is 11.5 Å². The Morgan fingerprint density at radius 3 is 1.98 bits per heavy atom. The lowest BCUT2D eigenvalue weighted by molar-refractivity contribution is -0.116. The van der Waals surface area contributed by atoms with Crippen molar-refractivity contribution in [1.29, 1.82) is 0 Å². The molecular formula is C35H48BrFN2O2. The van der Waals surface area contributed by atoms with Crippen LogP contribution in [0, 0.1) is 5.82 Å². The van der Waals surface area contributed by atoms with E-state index in [0.717, 1.165) is 41.6 Å². The minimum absolute atomic E-state index is 0. The monoisotopic (exact) mass is 626 g/mol. The van der Waals surface area contributed by atoms with Crippen LogP contribution >= 0.6 is 17.0 Å². The summed E-state index contributed by atoms with van der Waals surface area (Å²) in [5, 5.41) is 0. The van der Waals surface area contributed by atoms with E-state index in [1.165, 1.54) is 77.2 Å². The van der Waals surface area contributed by atoms with Crippen molar-refractivity contribution in [2.24, 2.45) is 0 Å². The number of hydrogen-bond acceptors (Lipinski definition) is 3. The molecule has 2 aromatic carbocycles. The van der Waals surface area contributed by atoms with Crippen molar-refractivity contribution in [3.8, 4) is 5.75 Å². The van der Waals surface area contributed by atoms with Crippen molar-refractivity contribution in [3.63, 3.8) is 0 Å². The minimum atomic E-state index is -0.383. The van der Waals surface area contributed by atoms with Gasteiger partial charge in [0.2, 0.25) is 5.91 Å². The first kappa shape index (κ1) is 34.5. The molecule has 0 aliphatic carbocycles. The van der Waals surface area contributed by atoms with Gasteiger partial charge >= 0.3 is 0 Å². The SMILES string of the molecule is Br.CCCCCCCCCCCCCCOc1ccc(CN(C(C)=O)c2ccc(Cc3cccnc3)cc2)cc1F. The Labute approximate surface area is 257 Å². The third-order valence-corrected chi connectivity index (χ3v) is 7.35. The molecule has 4 nitrogen and oxygen atoms in total. The van der Waals surface area contributed by atoms with Gasteiger partial charge in [-0.3, -0.25) is 9.78 Å². The molecule has 0 aliphatic rings. The topological polar surface area (TPSA) is 42.4 Å². The molecule has 1 amide bonds. The van der Waals surface area contributed by atoms with Crippen LogP contribution in [0.2, 0.25) is 0 Å². The predicted octanol–water partition coefficient (Wildman–Crippen LogP) is 10.0. The number of rotatable bonds is 19. The maximum absolute atomic E-state index is 14.8. The molecule has 0 spiro atoms. The molecule has 0 saturated heterocycles. The van der Waals surface area contributed by atoms with Crippen LogP contribution in [0.1, 0.15) is 108 Å². The summed E-state index contributed by atoms with van der Waals surface area (Å²) >= 11 is 0. The predicted molar refractivity (Wildman–Crippen MR) is 174 cm³/mol. The Kier molecular flexibility index (Phi) is 17.0. The zero-order chi connectivity index (χ0) is 28.4. The van der Waals surface area contributed by atoms with Gasteiger partial charge in [0.15, 0.2) is 11.6 Å². The fourth-order valence-electron chi connectivity index (χ4n) is 4.98. The van der Waals surface area contributed by atoms with E-state index in [0.29, 0.717) is 13.2 Å². The molecule has 0 aliphatic heterocycles. The van der Waals surface area contributed by atoms with Gasteiger partial charge in [0, 0.05) is 25.0 Å². The van der Waals surface area contributed by atoms with Crippen LogP contribution in [0.15, 0.2) is 67.0 Å². The molecule has 0 atom stereocenters. The fraction of sp³-hybridized carbons (Fsp3) is 0.486. The molecule has 0 bridgehead atoms. The highest BCUT2D eigenvalue weighted by atomic mass is 79.9. The molecule has 6 heteroatoms. The van der Waals surface area contributed by atoms with Crippen molar-refractivity contribution >= 4 is 28.6 Å². The number of hydrogen-bond donors (Lipinski definition) is 0. The number of carbonyl (C=O) groups is 1. The molecule has 0 N–H and O–H groups in total. The van der Waals surface area contributed by atoms with Crippen LogP contribution in [-0.2, 0) is 17.8 Å². The molecule has 0 radical (unpaired) electrons. The van der Waals surface area contributed by atoms with Gasteiger partial charge in [0.1, 0.15) is 0 Å². The van der Waals surface area contributed by atoms with Crippen molar-refractivity contribution in [2.45, 2.75) is 104 Å². The smallest absolute Gasteiger partial charge is 0.224 e. The van der Waals surface area contributed by atoms with E-state index in [4.69, 9.17) is 4.74 Å². The maximum Gasteiger partial charge on any atom is 0.224 e. The van der Waals surface area contributed by atoms with E-state index in [-0.39, 0.29) is 34.5 Å². The standard InChI is InChI=1S/C35H47FN2O2.BrH/c1-3-4-5-6-7-8-9-10-11-12-13-14-24-40-35-22-19-32(26-34(35)36)28-38(29(2)39)33-20-17-30(18-21-33)25-31-16-15-23-37-27-31;/h15-23,26-27H,3-14,24-25,28H2,1-2H3;1H. The van der Waals surface area contributed by atoms with Crippen LogP contribution in [0.5, 0.6) is 5.75 Å². The first-order valence-corrected chi connectivity index (χ1v) is 15.2. The van der Waals surface area contributed by atoms with Gasteiger partial charge in [0.25, 0.3) is 0 Å². The Morgan fingerprint density at radius 2 is 1.41 bits per heavy atom. The van der Waals surface area contributed by atoms with E-state index in [1.54, 1.807) is 17.2 Å². The Morgan fingerprint density at radius 1 is 0.805 bits per heavy atom. The summed E-state index contributed by atoms with van der Waals surface area (Å²) in [5.74, 6) is -0.194. The van der Waals surface area contributed by atoms with Gasteiger partial charge in [-0.05, 0) is 59.9 Å². The Bertz CT molecular complexity index is 1120. The number of halogens is 2. The zero-order valence-electron chi connectivity index (χ0n) is 25.0. The number of aromatic nitrogens is 1. The highest BCUT2D eigenvalue weighted by Gasteiger charge is 2.14. The highest BCUT2D eigenvalue weighted by molar-refractivity contribution is 8.93. The number of amides is 1. The summed E-state index contributed by atoms with van der Waals surface area (Å²) in [7, 11) is 0. The van der Waals surface area contributed by atoms with E-state index in [9.17, 15) is 9.18 Å². The van der Waals surface area contributed by atoms with E-state index in [1.807, 2.05) is 48.7 Å². The van der Waals surface area contributed by atoms with Gasteiger partial charge < -0.3 is 9.64 Å². The average molecular weight is 628 g/mol. The van der Waals surface area contributed by atoms with Gasteiger partial charge in [-0.25, -0.2) is 4.39 Å². The number of nitrogens with zero attached hydrogens (tertiary/aromatic N) is 2. The van der Waals surface area contributed by atoms with E-state index < -0.39 is 0 Å². The molecule has 0 saturated carbocycles. The van der Waals surface area contributed by atoms with Crippen molar-refractivity contribution in [1.82, 2.24) is 4.98 Å². The van der Waals surface area contributed by atoms with Crippen molar-refractivity contribution < 1.29 is 13.9 Å². The molecule has 3 rings (SSSR count). The Balaban J connectivity index is 0.00000588. The number of benzene rings is 2. The van der Waals surface area contributed by atoms with Crippen LogP contribution in [0.25, 0.3) is 0 Å². The third-order valence-electron chi connectivity index (χ3n) is 7.35. The van der Waals surface area contributed by atoms with Crippen LogP contribution in [0.3, 0.4) is 0 Å². The van der Waals surface area contributed by atoms with Crippen LogP contribution in [0.4, 0.5) is 10.1 Å². The lowest BCUT2D eigenvalue weighted by atomic mass is 10.1. The number of pyridine rings is 1. The first-order chi connectivity index (χ1) is 19.6. The lowest BCUT2D eigenvalue weighted by Gasteiger charge is -2.22. The largest absolute Gasteiger partial charge is 0.491 e. The van der Waals surface area contributed by atoms with Gasteiger partial charge in [-0.1, -0.05) is 102 Å². The number of unbranched alkanes of at least 4 members (excludes halogenated alkanes) is 11. The second-order valence-electron chi connectivity index (χ2n) is 10.8. The van der Waals surface area contributed by atoms with E-state index >= 15 is 0 Å². The van der Waals surface area contributed by atoms with Crippen LogP contribution in [-0.4, -0.2) is 17.5 Å². The second-order valence-corrected chi connectivity index (χ2v) is 10.8. The van der Waals surface area contributed by atoms with Gasteiger partial charge in [-0.15, -0.1) is 17.0 Å². The first-order valence-electron chi connectivity index (χ1n) is 15.2. The number of carbonyl (C=O) groups excluding carboxylic acids is 1. The summed E-state index contributed by atoms with van der Waals surface area (Å²) in [4.78, 5) is 18.3. The molecule has 41 heavy (non-hydrogen) atoms. The summed E-state index contributed by atoms with van der Waals surface area (Å²) < 4.78 is 20.5.